The van der Waals surface area contributed by atoms with Crippen molar-refractivity contribution in [2.75, 3.05) is 13.2 Å². The zero-order valence-corrected chi connectivity index (χ0v) is 11.7. The maximum Gasteiger partial charge on any atom is 0.273 e. The van der Waals surface area contributed by atoms with Crippen LogP contribution in [-0.4, -0.2) is 39.2 Å². The summed E-state index contributed by atoms with van der Waals surface area (Å²) in [6.45, 7) is 1.20. The van der Waals surface area contributed by atoms with Crippen molar-refractivity contribution in [1.29, 1.82) is 0 Å². The molecular formula is C15H18N4O2. The van der Waals surface area contributed by atoms with Crippen LogP contribution in [0, 0.1) is 5.41 Å². The molecule has 0 aliphatic heterocycles. The van der Waals surface area contributed by atoms with Gasteiger partial charge in [-0.1, -0.05) is 35.5 Å². The molecule has 1 heterocycles. The molecule has 1 aliphatic rings. The number of aliphatic hydroxyl groups excluding tert-OH is 1. The maximum atomic E-state index is 12.0. The number of aromatic nitrogens is 3. The van der Waals surface area contributed by atoms with E-state index < -0.39 is 0 Å². The first kappa shape index (κ1) is 13.8. The van der Waals surface area contributed by atoms with E-state index in [1.165, 1.54) is 0 Å². The molecule has 0 bridgehead atoms. The number of aliphatic hydroxyl groups is 1. The number of hydrogen-bond acceptors (Lipinski definition) is 4. The van der Waals surface area contributed by atoms with Crippen molar-refractivity contribution >= 4 is 5.91 Å². The van der Waals surface area contributed by atoms with Crippen LogP contribution in [0.15, 0.2) is 36.5 Å². The Labute approximate surface area is 122 Å². The molecule has 1 aromatic carbocycles. The summed E-state index contributed by atoms with van der Waals surface area (Å²) in [5, 5.41) is 19.9. The molecule has 1 aliphatic carbocycles. The van der Waals surface area contributed by atoms with Crippen molar-refractivity contribution in [2.24, 2.45) is 5.41 Å². The Morgan fingerprint density at radius 2 is 2.10 bits per heavy atom. The summed E-state index contributed by atoms with van der Waals surface area (Å²) < 4.78 is 1.64. The molecule has 1 saturated carbocycles. The number of hydrogen-bond donors (Lipinski definition) is 2. The minimum Gasteiger partial charge on any atom is -0.396 e. The van der Waals surface area contributed by atoms with Gasteiger partial charge in [0.15, 0.2) is 5.69 Å². The van der Waals surface area contributed by atoms with E-state index in [9.17, 15) is 9.90 Å². The largest absolute Gasteiger partial charge is 0.396 e. The second-order valence-electron chi connectivity index (χ2n) is 5.63. The highest BCUT2D eigenvalue weighted by atomic mass is 16.3. The maximum absolute atomic E-state index is 12.0. The first-order valence-electron chi connectivity index (χ1n) is 7.04. The van der Waals surface area contributed by atoms with E-state index in [0.717, 1.165) is 18.4 Å². The van der Waals surface area contributed by atoms with Crippen molar-refractivity contribution in [2.45, 2.75) is 19.4 Å². The smallest absolute Gasteiger partial charge is 0.273 e. The van der Waals surface area contributed by atoms with Gasteiger partial charge in [0.25, 0.3) is 5.91 Å². The predicted octanol–water partition coefficient (Wildman–Crippen LogP) is 0.829. The average molecular weight is 286 g/mol. The minimum atomic E-state index is -0.242. The molecule has 1 amide bonds. The summed E-state index contributed by atoms with van der Waals surface area (Å²) in [4.78, 5) is 12.0. The standard InChI is InChI=1S/C15H18N4O2/c20-11-15(6-7-15)10-16-14(21)13-9-19(18-17-13)8-12-4-2-1-3-5-12/h1-5,9,20H,6-8,10-11H2,(H,16,21). The Morgan fingerprint density at radius 1 is 1.33 bits per heavy atom. The van der Waals surface area contributed by atoms with Crippen LogP contribution in [0.5, 0.6) is 0 Å². The number of benzene rings is 1. The van der Waals surface area contributed by atoms with Gasteiger partial charge in [-0.05, 0) is 18.4 Å². The molecule has 6 heteroatoms. The van der Waals surface area contributed by atoms with Crippen LogP contribution >= 0.6 is 0 Å². The molecule has 0 radical (unpaired) electrons. The van der Waals surface area contributed by atoms with E-state index in [1.807, 2.05) is 30.3 Å². The highest BCUT2D eigenvalue weighted by Gasteiger charge is 2.42. The lowest BCUT2D eigenvalue weighted by atomic mass is 10.1. The quantitative estimate of drug-likeness (QED) is 0.824. The Bertz CT molecular complexity index is 620. The van der Waals surface area contributed by atoms with Gasteiger partial charge in [0, 0.05) is 12.0 Å². The predicted molar refractivity (Wildman–Crippen MR) is 76.7 cm³/mol. The van der Waals surface area contributed by atoms with Gasteiger partial charge in [-0.3, -0.25) is 4.79 Å². The number of carbonyl (C=O) groups excluding carboxylic acids is 1. The first-order valence-corrected chi connectivity index (χ1v) is 7.04. The van der Waals surface area contributed by atoms with Gasteiger partial charge < -0.3 is 10.4 Å². The number of nitrogens with zero attached hydrogens (tertiary/aromatic N) is 3. The number of nitrogens with one attached hydrogen (secondary N) is 1. The third kappa shape index (κ3) is 3.28. The van der Waals surface area contributed by atoms with E-state index >= 15 is 0 Å². The Hall–Kier alpha value is -2.21. The lowest BCUT2D eigenvalue weighted by Gasteiger charge is -2.11. The van der Waals surface area contributed by atoms with E-state index in [2.05, 4.69) is 15.6 Å². The van der Waals surface area contributed by atoms with Crippen LogP contribution < -0.4 is 5.32 Å². The van der Waals surface area contributed by atoms with Crippen LogP contribution in [0.25, 0.3) is 0 Å². The molecule has 0 spiro atoms. The van der Waals surface area contributed by atoms with Crippen molar-refractivity contribution in [1.82, 2.24) is 20.3 Å². The van der Waals surface area contributed by atoms with Gasteiger partial charge in [0.1, 0.15) is 0 Å². The summed E-state index contributed by atoms with van der Waals surface area (Å²) in [5.74, 6) is -0.242. The average Bonchev–Trinajstić information content (AvgIpc) is 3.16. The Balaban J connectivity index is 1.58. The third-order valence-corrected chi connectivity index (χ3v) is 3.88. The molecular weight excluding hydrogens is 268 g/mol. The lowest BCUT2D eigenvalue weighted by Crippen LogP contribution is -2.32. The summed E-state index contributed by atoms with van der Waals surface area (Å²) in [6, 6.07) is 9.88. The van der Waals surface area contributed by atoms with Crippen molar-refractivity contribution in [3.63, 3.8) is 0 Å². The second kappa shape index (κ2) is 5.65. The van der Waals surface area contributed by atoms with Gasteiger partial charge in [0.05, 0.1) is 19.3 Å². The molecule has 0 saturated heterocycles. The van der Waals surface area contributed by atoms with Crippen LogP contribution in [0.2, 0.25) is 0 Å². The fourth-order valence-corrected chi connectivity index (χ4v) is 2.18. The van der Waals surface area contributed by atoms with E-state index in [-0.39, 0.29) is 17.9 Å². The van der Waals surface area contributed by atoms with Gasteiger partial charge in [0.2, 0.25) is 0 Å². The van der Waals surface area contributed by atoms with Crippen LogP contribution in [0.3, 0.4) is 0 Å². The highest BCUT2D eigenvalue weighted by molar-refractivity contribution is 5.91. The molecule has 3 rings (SSSR count). The minimum absolute atomic E-state index is 0.101. The fourth-order valence-electron chi connectivity index (χ4n) is 2.18. The summed E-state index contributed by atoms with van der Waals surface area (Å²) in [6.07, 6.45) is 3.57. The summed E-state index contributed by atoms with van der Waals surface area (Å²) in [7, 11) is 0. The number of carbonyl (C=O) groups is 1. The normalized spacial score (nSPS) is 15.7. The van der Waals surface area contributed by atoms with Gasteiger partial charge in [-0.15, -0.1) is 5.10 Å². The molecule has 110 valence electrons. The van der Waals surface area contributed by atoms with Crippen molar-refractivity contribution < 1.29 is 9.90 Å². The van der Waals surface area contributed by atoms with Gasteiger partial charge in [-0.2, -0.15) is 0 Å². The molecule has 0 atom stereocenters. The zero-order chi connectivity index (χ0) is 14.7. The molecule has 2 N–H and O–H groups in total. The molecule has 1 fully saturated rings. The third-order valence-electron chi connectivity index (χ3n) is 3.88. The van der Waals surface area contributed by atoms with E-state index in [0.29, 0.717) is 18.8 Å². The lowest BCUT2D eigenvalue weighted by molar-refractivity contribution is 0.0930. The molecule has 0 unspecified atom stereocenters. The Kier molecular flexibility index (Phi) is 3.70. The zero-order valence-electron chi connectivity index (χ0n) is 11.7. The first-order chi connectivity index (χ1) is 10.2. The molecule has 21 heavy (non-hydrogen) atoms. The second-order valence-corrected chi connectivity index (χ2v) is 5.63. The van der Waals surface area contributed by atoms with Gasteiger partial charge in [-0.25, -0.2) is 4.68 Å². The van der Waals surface area contributed by atoms with Crippen molar-refractivity contribution in [3.8, 4) is 0 Å². The van der Waals surface area contributed by atoms with Gasteiger partial charge >= 0.3 is 0 Å². The molecule has 6 nitrogen and oxygen atoms in total. The van der Waals surface area contributed by atoms with Crippen molar-refractivity contribution in [3.05, 3.63) is 47.8 Å². The fraction of sp³-hybridized carbons (Fsp3) is 0.400. The number of rotatable bonds is 6. The monoisotopic (exact) mass is 286 g/mol. The number of amides is 1. The van der Waals surface area contributed by atoms with E-state index in [1.54, 1.807) is 10.9 Å². The summed E-state index contributed by atoms with van der Waals surface area (Å²) >= 11 is 0. The highest BCUT2D eigenvalue weighted by Crippen LogP contribution is 2.44. The van der Waals surface area contributed by atoms with Crippen LogP contribution in [0.4, 0.5) is 0 Å². The summed E-state index contributed by atoms with van der Waals surface area (Å²) in [5.41, 5.74) is 1.31. The molecule has 1 aromatic heterocycles. The van der Waals surface area contributed by atoms with E-state index in [4.69, 9.17) is 0 Å². The van der Waals surface area contributed by atoms with Crippen LogP contribution in [-0.2, 0) is 6.54 Å². The molecule has 2 aromatic rings. The topological polar surface area (TPSA) is 80.0 Å². The Morgan fingerprint density at radius 3 is 2.76 bits per heavy atom. The van der Waals surface area contributed by atoms with Crippen LogP contribution in [0.1, 0.15) is 28.9 Å². The SMILES string of the molecule is O=C(NCC1(CO)CC1)c1cn(Cc2ccccc2)nn1.